The maximum absolute atomic E-state index is 12.8. The number of hydrogen-bond acceptors (Lipinski definition) is 6. The van der Waals surface area contributed by atoms with E-state index in [9.17, 15) is 18.0 Å². The summed E-state index contributed by atoms with van der Waals surface area (Å²) in [6.45, 7) is 5.36. The molecule has 1 aliphatic heterocycles. The number of sulfonamides is 1. The van der Waals surface area contributed by atoms with Crippen LogP contribution in [0.1, 0.15) is 30.6 Å². The molecule has 1 amide bonds. The van der Waals surface area contributed by atoms with Crippen LogP contribution in [0.3, 0.4) is 0 Å². The third-order valence-electron chi connectivity index (χ3n) is 4.53. The van der Waals surface area contributed by atoms with E-state index in [1.807, 2.05) is 13.8 Å². The minimum Gasteiger partial charge on any atom is -0.452 e. The highest BCUT2D eigenvalue weighted by molar-refractivity contribution is 7.89. The van der Waals surface area contributed by atoms with Crippen LogP contribution in [0.4, 0.5) is 0 Å². The zero-order chi connectivity index (χ0) is 20.7. The quantitative estimate of drug-likeness (QED) is 0.510. The summed E-state index contributed by atoms with van der Waals surface area (Å²) < 4.78 is 36.9. The molecular weight excluding hydrogens is 384 g/mol. The number of hydrogen-bond donors (Lipinski definition) is 1. The number of methoxy groups -OCH3 is 1. The van der Waals surface area contributed by atoms with Gasteiger partial charge in [-0.3, -0.25) is 4.79 Å². The van der Waals surface area contributed by atoms with Crippen molar-refractivity contribution in [3.05, 3.63) is 29.8 Å². The van der Waals surface area contributed by atoms with Crippen molar-refractivity contribution in [3.8, 4) is 0 Å². The molecular formula is C19H28N2O6S. The Morgan fingerprint density at radius 2 is 1.75 bits per heavy atom. The maximum Gasteiger partial charge on any atom is 0.338 e. The summed E-state index contributed by atoms with van der Waals surface area (Å²) in [7, 11) is -2.09. The zero-order valence-electron chi connectivity index (χ0n) is 16.5. The topological polar surface area (TPSA) is 102 Å². The van der Waals surface area contributed by atoms with Crippen LogP contribution in [0.5, 0.6) is 0 Å². The molecule has 156 valence electrons. The first-order valence-corrected chi connectivity index (χ1v) is 10.7. The average molecular weight is 413 g/mol. The SMILES string of the molecule is COCCNC(=O)COC(=O)c1ccc(S(=O)(=O)N2C[C@@H](C)C[C@H](C)C2)cc1. The number of nitrogens with zero attached hydrogens (tertiary/aromatic N) is 1. The fourth-order valence-electron chi connectivity index (χ4n) is 3.27. The smallest absolute Gasteiger partial charge is 0.338 e. The standard InChI is InChI=1S/C19H28N2O6S/c1-14-10-15(2)12-21(11-14)28(24,25)17-6-4-16(5-7-17)19(23)27-13-18(22)20-8-9-26-3/h4-7,14-15H,8-13H2,1-3H3,(H,20,22)/t14-,15-/m0/s1. The van der Waals surface area contributed by atoms with Crippen LogP contribution in [0.25, 0.3) is 0 Å². The van der Waals surface area contributed by atoms with Gasteiger partial charge >= 0.3 is 5.97 Å². The van der Waals surface area contributed by atoms with Crippen molar-refractivity contribution in [3.63, 3.8) is 0 Å². The summed E-state index contributed by atoms with van der Waals surface area (Å²) in [5.74, 6) is -0.505. The Morgan fingerprint density at radius 3 is 2.32 bits per heavy atom. The first kappa shape index (κ1) is 22.3. The predicted molar refractivity (Wildman–Crippen MR) is 103 cm³/mol. The number of nitrogens with one attached hydrogen (secondary N) is 1. The van der Waals surface area contributed by atoms with E-state index in [1.54, 1.807) is 0 Å². The van der Waals surface area contributed by atoms with Crippen LogP contribution in [0.15, 0.2) is 29.2 Å². The third-order valence-corrected chi connectivity index (χ3v) is 6.37. The lowest BCUT2D eigenvalue weighted by Crippen LogP contribution is -2.42. The van der Waals surface area contributed by atoms with Gasteiger partial charge in [-0.1, -0.05) is 13.8 Å². The molecule has 1 saturated heterocycles. The molecule has 8 nitrogen and oxygen atoms in total. The summed E-state index contributed by atoms with van der Waals surface area (Å²) in [4.78, 5) is 23.7. The Morgan fingerprint density at radius 1 is 1.14 bits per heavy atom. The molecule has 0 aliphatic carbocycles. The first-order valence-electron chi connectivity index (χ1n) is 9.27. The first-order chi connectivity index (χ1) is 13.2. The normalized spacial score (nSPS) is 20.5. The highest BCUT2D eigenvalue weighted by Gasteiger charge is 2.31. The van der Waals surface area contributed by atoms with E-state index >= 15 is 0 Å². The van der Waals surface area contributed by atoms with Gasteiger partial charge in [0, 0.05) is 26.7 Å². The number of benzene rings is 1. The lowest BCUT2D eigenvalue weighted by molar-refractivity contribution is -0.124. The number of amides is 1. The molecule has 0 aromatic heterocycles. The van der Waals surface area contributed by atoms with Gasteiger partial charge in [0.2, 0.25) is 10.0 Å². The van der Waals surface area contributed by atoms with Gasteiger partial charge in [-0.05, 0) is 42.5 Å². The predicted octanol–water partition coefficient (Wildman–Crippen LogP) is 1.27. The number of rotatable bonds is 8. The third kappa shape index (κ3) is 6.02. The molecule has 1 heterocycles. The van der Waals surface area contributed by atoms with Crippen molar-refractivity contribution in [2.75, 3.05) is 40.0 Å². The molecule has 2 atom stereocenters. The number of carbonyl (C=O) groups is 2. The van der Waals surface area contributed by atoms with Gasteiger partial charge in [0.25, 0.3) is 5.91 Å². The second kappa shape index (κ2) is 9.99. The average Bonchev–Trinajstić information content (AvgIpc) is 2.65. The van der Waals surface area contributed by atoms with E-state index in [0.29, 0.717) is 38.1 Å². The van der Waals surface area contributed by atoms with Crippen molar-refractivity contribution < 1.29 is 27.5 Å². The molecule has 1 fully saturated rings. The fourth-order valence-corrected chi connectivity index (χ4v) is 4.95. The number of piperidine rings is 1. The molecule has 28 heavy (non-hydrogen) atoms. The Balaban J connectivity index is 1.96. The Kier molecular flexibility index (Phi) is 7.97. The van der Waals surface area contributed by atoms with Crippen molar-refractivity contribution >= 4 is 21.9 Å². The Bertz CT molecular complexity index is 768. The second-order valence-electron chi connectivity index (χ2n) is 7.21. The van der Waals surface area contributed by atoms with Crippen LogP contribution in [-0.2, 0) is 24.3 Å². The lowest BCUT2D eigenvalue weighted by Gasteiger charge is -2.34. The van der Waals surface area contributed by atoms with Crippen LogP contribution in [0, 0.1) is 11.8 Å². The van der Waals surface area contributed by atoms with Crippen LogP contribution < -0.4 is 5.32 Å². The fraction of sp³-hybridized carbons (Fsp3) is 0.579. The molecule has 9 heteroatoms. The van der Waals surface area contributed by atoms with E-state index in [0.717, 1.165) is 6.42 Å². The largest absolute Gasteiger partial charge is 0.452 e. The van der Waals surface area contributed by atoms with Crippen molar-refractivity contribution in [1.29, 1.82) is 0 Å². The number of esters is 1. The molecule has 0 unspecified atom stereocenters. The van der Waals surface area contributed by atoms with Gasteiger partial charge in [-0.15, -0.1) is 0 Å². The van der Waals surface area contributed by atoms with Crippen molar-refractivity contribution in [2.24, 2.45) is 11.8 Å². The van der Waals surface area contributed by atoms with Gasteiger partial charge in [0.1, 0.15) is 0 Å². The summed E-state index contributed by atoms with van der Waals surface area (Å²) in [5.41, 5.74) is 0.184. The molecule has 2 rings (SSSR count). The van der Waals surface area contributed by atoms with Crippen molar-refractivity contribution in [2.45, 2.75) is 25.2 Å². The van der Waals surface area contributed by atoms with E-state index in [-0.39, 0.29) is 10.5 Å². The number of carbonyl (C=O) groups excluding carboxylic acids is 2. The molecule has 1 aromatic carbocycles. The highest BCUT2D eigenvalue weighted by atomic mass is 32.2. The maximum atomic E-state index is 12.8. The molecule has 0 saturated carbocycles. The summed E-state index contributed by atoms with van der Waals surface area (Å²) in [6.07, 6.45) is 1.01. The zero-order valence-corrected chi connectivity index (χ0v) is 17.3. The molecule has 1 aromatic rings. The molecule has 0 radical (unpaired) electrons. The second-order valence-corrected chi connectivity index (χ2v) is 9.15. The monoisotopic (exact) mass is 412 g/mol. The van der Waals surface area contributed by atoms with Gasteiger partial charge in [-0.25, -0.2) is 13.2 Å². The van der Waals surface area contributed by atoms with E-state index in [1.165, 1.54) is 35.7 Å². The minimum atomic E-state index is -3.60. The van der Waals surface area contributed by atoms with Gasteiger partial charge in [-0.2, -0.15) is 4.31 Å². The van der Waals surface area contributed by atoms with Crippen LogP contribution in [-0.4, -0.2) is 64.6 Å². The van der Waals surface area contributed by atoms with Gasteiger partial charge < -0.3 is 14.8 Å². The van der Waals surface area contributed by atoms with Crippen LogP contribution in [0.2, 0.25) is 0 Å². The summed E-state index contributed by atoms with van der Waals surface area (Å²) in [6, 6.07) is 5.59. The minimum absolute atomic E-state index is 0.141. The highest BCUT2D eigenvalue weighted by Crippen LogP contribution is 2.26. The van der Waals surface area contributed by atoms with Gasteiger partial charge in [0.15, 0.2) is 6.61 Å². The number of ether oxygens (including phenoxy) is 2. The van der Waals surface area contributed by atoms with Gasteiger partial charge in [0.05, 0.1) is 17.1 Å². The van der Waals surface area contributed by atoms with E-state index < -0.39 is 28.5 Å². The van der Waals surface area contributed by atoms with Crippen LogP contribution >= 0.6 is 0 Å². The summed E-state index contributed by atoms with van der Waals surface area (Å²) >= 11 is 0. The Hall–Kier alpha value is -1.97. The van der Waals surface area contributed by atoms with E-state index in [4.69, 9.17) is 9.47 Å². The van der Waals surface area contributed by atoms with Crippen molar-refractivity contribution in [1.82, 2.24) is 9.62 Å². The Labute approximate surface area is 166 Å². The molecule has 1 aliphatic rings. The summed E-state index contributed by atoms with van der Waals surface area (Å²) in [5, 5.41) is 2.54. The van der Waals surface area contributed by atoms with E-state index in [2.05, 4.69) is 5.32 Å². The molecule has 1 N–H and O–H groups in total. The lowest BCUT2D eigenvalue weighted by atomic mass is 9.94. The molecule has 0 spiro atoms. The molecule has 0 bridgehead atoms.